The summed E-state index contributed by atoms with van der Waals surface area (Å²) in [6.45, 7) is 0. The molecule has 0 fully saturated rings. The van der Waals surface area contributed by atoms with E-state index in [1.807, 2.05) is 48.2 Å². The highest BCUT2D eigenvalue weighted by Crippen LogP contribution is 2.52. The number of rotatable bonds is 4. The van der Waals surface area contributed by atoms with Gasteiger partial charge in [0.15, 0.2) is 5.82 Å². The Morgan fingerprint density at radius 2 is 0.895 bits per heavy atom. The molecule has 1 aliphatic rings. The Labute approximate surface area is 226 Å². The zero-order valence-electron chi connectivity index (χ0n) is 20.5. The van der Waals surface area contributed by atoms with Crippen molar-refractivity contribution in [2.75, 3.05) is 4.90 Å². The lowest BCUT2D eigenvalue weighted by Gasteiger charge is -2.33. The topological polar surface area (TPSA) is 29.0 Å². The van der Waals surface area contributed by atoms with Crippen LogP contribution in [0.2, 0.25) is 0 Å². The molecule has 1 aliphatic heterocycles. The number of hydrogen-bond donors (Lipinski definition) is 0. The lowest BCUT2D eigenvalue weighted by molar-refractivity contribution is 1.14. The van der Waals surface area contributed by atoms with Crippen molar-refractivity contribution in [1.82, 2.24) is 9.97 Å². The molecular formula is C34H23N3S. The molecule has 0 spiro atoms. The number of benzene rings is 5. The van der Waals surface area contributed by atoms with Crippen LogP contribution in [0.15, 0.2) is 149 Å². The Morgan fingerprint density at radius 1 is 0.447 bits per heavy atom. The van der Waals surface area contributed by atoms with E-state index in [-0.39, 0.29) is 0 Å². The monoisotopic (exact) mass is 505 g/mol. The quantitative estimate of drug-likeness (QED) is 0.238. The van der Waals surface area contributed by atoms with Gasteiger partial charge >= 0.3 is 0 Å². The van der Waals surface area contributed by atoms with Crippen molar-refractivity contribution in [3.63, 3.8) is 0 Å². The summed E-state index contributed by atoms with van der Waals surface area (Å²) in [5.41, 5.74) is 8.29. The van der Waals surface area contributed by atoms with Crippen LogP contribution in [-0.4, -0.2) is 9.97 Å². The first kappa shape index (κ1) is 22.5. The molecule has 0 radical (unpaired) electrons. The molecule has 0 N–H and O–H groups in total. The molecule has 0 unspecified atom stereocenters. The molecule has 180 valence electrons. The highest BCUT2D eigenvalue weighted by molar-refractivity contribution is 7.99. The summed E-state index contributed by atoms with van der Waals surface area (Å²) < 4.78 is 0. The van der Waals surface area contributed by atoms with Gasteiger partial charge in [0.05, 0.1) is 28.5 Å². The fourth-order valence-corrected chi connectivity index (χ4v) is 5.96. The van der Waals surface area contributed by atoms with Gasteiger partial charge < -0.3 is 4.90 Å². The first-order chi connectivity index (χ1) is 18.8. The molecule has 3 nitrogen and oxygen atoms in total. The van der Waals surface area contributed by atoms with Crippen molar-refractivity contribution in [2.45, 2.75) is 9.79 Å². The predicted octanol–water partition coefficient (Wildman–Crippen LogP) is 9.41. The second-order valence-corrected chi connectivity index (χ2v) is 10.2. The van der Waals surface area contributed by atoms with Gasteiger partial charge in [-0.25, -0.2) is 9.97 Å². The van der Waals surface area contributed by atoms with E-state index in [1.54, 1.807) is 0 Å². The molecule has 6 aromatic rings. The van der Waals surface area contributed by atoms with E-state index in [2.05, 4.69) is 108 Å². The number of aromatic nitrogens is 2. The van der Waals surface area contributed by atoms with Gasteiger partial charge in [0.2, 0.25) is 0 Å². The zero-order chi connectivity index (χ0) is 25.3. The molecule has 5 aromatic carbocycles. The summed E-state index contributed by atoms with van der Waals surface area (Å²) in [6, 6.07) is 48.3. The van der Waals surface area contributed by atoms with Crippen molar-refractivity contribution in [1.29, 1.82) is 0 Å². The largest absolute Gasteiger partial charge is 0.307 e. The fourth-order valence-electron chi connectivity index (χ4n) is 4.90. The van der Waals surface area contributed by atoms with E-state index in [0.29, 0.717) is 5.82 Å². The van der Waals surface area contributed by atoms with Crippen LogP contribution in [0.4, 0.5) is 17.1 Å². The number of anilines is 3. The minimum absolute atomic E-state index is 0.703. The summed E-state index contributed by atoms with van der Waals surface area (Å²) in [5.74, 6) is 0.703. The minimum atomic E-state index is 0.703. The van der Waals surface area contributed by atoms with Crippen LogP contribution in [0.5, 0.6) is 0 Å². The second-order valence-electron chi connectivity index (χ2n) is 9.08. The third-order valence-electron chi connectivity index (χ3n) is 6.68. The molecule has 0 amide bonds. The highest BCUT2D eigenvalue weighted by Gasteiger charge is 2.27. The SMILES string of the molecule is c1ccc(-c2cc(-c3ccccc3)nc(-c3ccccc3N3c4ccccc4Sc4ccccc43)n2)cc1. The molecule has 2 heterocycles. The third-order valence-corrected chi connectivity index (χ3v) is 7.81. The summed E-state index contributed by atoms with van der Waals surface area (Å²) in [6.07, 6.45) is 0. The van der Waals surface area contributed by atoms with Crippen molar-refractivity contribution >= 4 is 28.8 Å². The molecule has 0 saturated heterocycles. The van der Waals surface area contributed by atoms with Crippen LogP contribution in [0, 0.1) is 0 Å². The van der Waals surface area contributed by atoms with Crippen molar-refractivity contribution in [2.24, 2.45) is 0 Å². The summed E-state index contributed by atoms with van der Waals surface area (Å²) in [4.78, 5) is 15.0. The van der Waals surface area contributed by atoms with Crippen LogP contribution in [0.3, 0.4) is 0 Å². The van der Waals surface area contributed by atoms with Crippen LogP contribution >= 0.6 is 11.8 Å². The zero-order valence-corrected chi connectivity index (χ0v) is 21.3. The first-order valence-corrected chi connectivity index (χ1v) is 13.4. The molecule has 0 saturated carbocycles. The maximum Gasteiger partial charge on any atom is 0.162 e. The normalized spacial score (nSPS) is 12.1. The maximum absolute atomic E-state index is 5.12. The van der Waals surface area contributed by atoms with Crippen molar-refractivity contribution in [3.8, 4) is 33.9 Å². The number of hydrogen-bond acceptors (Lipinski definition) is 4. The van der Waals surface area contributed by atoms with Gasteiger partial charge in [-0.1, -0.05) is 109 Å². The van der Waals surface area contributed by atoms with E-state index in [1.165, 1.54) is 9.79 Å². The Morgan fingerprint density at radius 3 is 1.45 bits per heavy atom. The summed E-state index contributed by atoms with van der Waals surface area (Å²) in [7, 11) is 0. The Kier molecular flexibility index (Phi) is 5.72. The minimum Gasteiger partial charge on any atom is -0.307 e. The standard InChI is InChI=1S/C34H23N3S/c1-3-13-24(14-4-1)27-23-28(25-15-5-2-6-16-25)36-34(35-27)26-17-7-8-18-29(26)37-30-19-9-11-21-32(30)38-33-22-12-10-20-31(33)37/h1-23H. The Balaban J connectivity index is 1.46. The Hall–Kier alpha value is -4.67. The van der Waals surface area contributed by atoms with Gasteiger partial charge in [0.25, 0.3) is 0 Å². The van der Waals surface area contributed by atoms with Gasteiger partial charge in [-0.3, -0.25) is 0 Å². The number of para-hydroxylation sites is 3. The van der Waals surface area contributed by atoms with E-state index < -0.39 is 0 Å². The van der Waals surface area contributed by atoms with Crippen LogP contribution in [-0.2, 0) is 0 Å². The summed E-state index contributed by atoms with van der Waals surface area (Å²) in [5, 5.41) is 0. The van der Waals surface area contributed by atoms with Gasteiger partial charge in [-0.2, -0.15) is 0 Å². The van der Waals surface area contributed by atoms with Gasteiger partial charge in [-0.05, 0) is 42.5 Å². The summed E-state index contributed by atoms with van der Waals surface area (Å²) >= 11 is 1.81. The van der Waals surface area contributed by atoms with Crippen LogP contribution in [0.25, 0.3) is 33.9 Å². The first-order valence-electron chi connectivity index (χ1n) is 12.6. The second kappa shape index (κ2) is 9.66. The highest BCUT2D eigenvalue weighted by atomic mass is 32.2. The van der Waals surface area contributed by atoms with E-state index in [4.69, 9.17) is 9.97 Å². The average Bonchev–Trinajstić information content (AvgIpc) is 3.00. The smallest absolute Gasteiger partial charge is 0.162 e. The van der Waals surface area contributed by atoms with E-state index >= 15 is 0 Å². The molecule has 0 aliphatic carbocycles. The van der Waals surface area contributed by atoms with Gasteiger partial charge in [0, 0.05) is 26.5 Å². The average molecular weight is 506 g/mol. The van der Waals surface area contributed by atoms with Gasteiger partial charge in [-0.15, -0.1) is 0 Å². The molecular weight excluding hydrogens is 482 g/mol. The molecule has 1 aromatic heterocycles. The molecule has 0 atom stereocenters. The van der Waals surface area contributed by atoms with Crippen molar-refractivity contribution in [3.05, 3.63) is 140 Å². The predicted molar refractivity (Wildman–Crippen MR) is 157 cm³/mol. The van der Waals surface area contributed by atoms with Crippen LogP contribution in [0.1, 0.15) is 0 Å². The third kappa shape index (κ3) is 4.05. The van der Waals surface area contributed by atoms with E-state index in [9.17, 15) is 0 Å². The van der Waals surface area contributed by atoms with Crippen LogP contribution < -0.4 is 4.90 Å². The Bertz CT molecular complexity index is 1650. The fraction of sp³-hybridized carbons (Fsp3) is 0. The van der Waals surface area contributed by atoms with E-state index in [0.717, 1.165) is 45.1 Å². The van der Waals surface area contributed by atoms with Crippen molar-refractivity contribution < 1.29 is 0 Å². The molecule has 4 heteroatoms. The number of nitrogens with zero attached hydrogens (tertiary/aromatic N) is 3. The molecule has 0 bridgehead atoms. The maximum atomic E-state index is 5.12. The lowest BCUT2D eigenvalue weighted by Crippen LogP contribution is -2.16. The number of fused-ring (bicyclic) bond motifs is 2. The molecule has 38 heavy (non-hydrogen) atoms. The molecule has 7 rings (SSSR count). The van der Waals surface area contributed by atoms with Gasteiger partial charge in [0.1, 0.15) is 0 Å². The lowest BCUT2D eigenvalue weighted by atomic mass is 10.0.